The molecule has 0 spiro atoms. The van der Waals surface area contributed by atoms with Crippen molar-refractivity contribution in [3.05, 3.63) is 66.2 Å². The second-order valence-electron chi connectivity index (χ2n) is 9.10. The second-order valence-corrected chi connectivity index (χ2v) is 9.10. The SMILES string of the molecule is CNC(=O)c1cnc2[nH]ccc2c1-c1ccc(N2CC3CC(C2)N3Cc2ccc(OC)nc2)nc1. The Bertz CT molecular complexity index is 1350. The van der Waals surface area contributed by atoms with Crippen LogP contribution in [0.25, 0.3) is 22.2 Å². The number of piperidine rings is 1. The number of aromatic nitrogens is 4. The Morgan fingerprint density at radius 2 is 1.94 bits per heavy atom. The summed E-state index contributed by atoms with van der Waals surface area (Å²) in [6.45, 7) is 2.81. The number of anilines is 1. The van der Waals surface area contributed by atoms with Crippen LogP contribution < -0.4 is 15.0 Å². The van der Waals surface area contributed by atoms with Gasteiger partial charge in [-0.1, -0.05) is 6.07 Å². The standard InChI is InChI=1S/C26H27N7O2/c1-27-26(34)21-12-31-25-20(7-8-28-25)24(21)17-4-5-22(29-11-17)32-14-18-9-19(15-32)33(18)13-16-3-6-23(35-2)30-10-16/h3-8,10-12,18-19H,9,13-15H2,1-2H3,(H,27,34)(H,28,31). The summed E-state index contributed by atoms with van der Waals surface area (Å²) in [5.74, 6) is 1.45. The number of hydrogen-bond acceptors (Lipinski definition) is 7. The number of amides is 1. The maximum absolute atomic E-state index is 12.5. The summed E-state index contributed by atoms with van der Waals surface area (Å²) in [5, 5.41) is 3.62. The van der Waals surface area contributed by atoms with E-state index in [9.17, 15) is 4.79 Å². The van der Waals surface area contributed by atoms with Crippen LogP contribution in [0.3, 0.4) is 0 Å². The van der Waals surface area contributed by atoms with Crippen molar-refractivity contribution in [2.45, 2.75) is 25.0 Å². The van der Waals surface area contributed by atoms with Crippen molar-refractivity contribution in [2.24, 2.45) is 0 Å². The first-order valence-electron chi connectivity index (χ1n) is 11.8. The van der Waals surface area contributed by atoms with E-state index in [-0.39, 0.29) is 5.91 Å². The Hall–Kier alpha value is -3.98. The number of nitrogens with one attached hydrogen (secondary N) is 2. The first-order chi connectivity index (χ1) is 17.1. The van der Waals surface area contributed by atoms with Gasteiger partial charge in [0.25, 0.3) is 5.91 Å². The normalized spacial score (nSPS) is 19.4. The lowest BCUT2D eigenvalue weighted by atomic mass is 9.87. The van der Waals surface area contributed by atoms with Gasteiger partial charge in [0.05, 0.1) is 12.7 Å². The van der Waals surface area contributed by atoms with Gasteiger partial charge in [-0.2, -0.15) is 0 Å². The number of carbonyl (C=O) groups excluding carboxylic acids is 1. The third-order valence-corrected chi connectivity index (χ3v) is 7.14. The van der Waals surface area contributed by atoms with Gasteiger partial charge in [0.1, 0.15) is 11.5 Å². The zero-order valence-electron chi connectivity index (χ0n) is 19.7. The third kappa shape index (κ3) is 3.77. The van der Waals surface area contributed by atoms with Gasteiger partial charge in [0.15, 0.2) is 0 Å². The average molecular weight is 470 g/mol. The molecule has 3 fully saturated rings. The zero-order valence-corrected chi connectivity index (χ0v) is 19.7. The first-order valence-corrected chi connectivity index (χ1v) is 11.8. The molecule has 4 aromatic rings. The minimum atomic E-state index is -0.164. The molecule has 3 saturated heterocycles. The number of nitrogens with zero attached hydrogens (tertiary/aromatic N) is 5. The Morgan fingerprint density at radius 1 is 1.09 bits per heavy atom. The molecule has 0 aliphatic carbocycles. The van der Waals surface area contributed by atoms with E-state index in [0.29, 0.717) is 23.5 Å². The number of H-pyrrole nitrogens is 1. The number of piperazine rings is 1. The summed E-state index contributed by atoms with van der Waals surface area (Å²) in [7, 11) is 3.26. The summed E-state index contributed by atoms with van der Waals surface area (Å²) in [5.41, 5.74) is 4.24. The van der Waals surface area contributed by atoms with Crippen LogP contribution in [0.2, 0.25) is 0 Å². The Labute approximate surface area is 203 Å². The van der Waals surface area contributed by atoms with Crippen LogP contribution in [-0.4, -0.2) is 70.1 Å². The molecule has 0 radical (unpaired) electrons. The van der Waals surface area contributed by atoms with E-state index in [1.165, 1.54) is 12.0 Å². The zero-order chi connectivity index (χ0) is 23.9. The van der Waals surface area contributed by atoms with Crippen LogP contribution in [0.4, 0.5) is 5.82 Å². The molecule has 0 saturated carbocycles. The lowest BCUT2D eigenvalue weighted by Crippen LogP contribution is -2.68. The fraction of sp³-hybridized carbons (Fsp3) is 0.308. The highest BCUT2D eigenvalue weighted by molar-refractivity contribution is 6.08. The van der Waals surface area contributed by atoms with Crippen molar-refractivity contribution < 1.29 is 9.53 Å². The van der Waals surface area contributed by atoms with Crippen molar-refractivity contribution in [3.63, 3.8) is 0 Å². The first kappa shape index (κ1) is 21.5. The molecule has 3 aliphatic rings. The van der Waals surface area contributed by atoms with Crippen LogP contribution in [-0.2, 0) is 6.54 Å². The van der Waals surface area contributed by atoms with Crippen molar-refractivity contribution in [1.29, 1.82) is 0 Å². The highest BCUT2D eigenvalue weighted by Gasteiger charge is 2.44. The Balaban J connectivity index is 1.19. The van der Waals surface area contributed by atoms with Gasteiger partial charge in [-0.15, -0.1) is 0 Å². The molecular formula is C26H27N7O2. The van der Waals surface area contributed by atoms with Crippen molar-refractivity contribution >= 4 is 22.8 Å². The number of rotatable bonds is 6. The number of hydrogen-bond donors (Lipinski definition) is 2. The molecule has 4 aromatic heterocycles. The summed E-state index contributed by atoms with van der Waals surface area (Å²) in [4.78, 5) is 34.1. The van der Waals surface area contributed by atoms with E-state index in [2.05, 4.69) is 48.3 Å². The summed E-state index contributed by atoms with van der Waals surface area (Å²) in [6.07, 6.45) is 8.44. The third-order valence-electron chi connectivity index (χ3n) is 7.14. The number of carbonyl (C=O) groups is 1. The van der Waals surface area contributed by atoms with Gasteiger partial charge in [-0.25, -0.2) is 15.0 Å². The number of methoxy groups -OCH3 is 1. The van der Waals surface area contributed by atoms with Crippen molar-refractivity contribution in [1.82, 2.24) is 30.2 Å². The topological polar surface area (TPSA) is 99.3 Å². The van der Waals surface area contributed by atoms with Crippen molar-refractivity contribution in [3.8, 4) is 17.0 Å². The highest BCUT2D eigenvalue weighted by Crippen LogP contribution is 2.36. The molecule has 9 nitrogen and oxygen atoms in total. The molecule has 2 N–H and O–H groups in total. The van der Waals surface area contributed by atoms with E-state index in [1.807, 2.05) is 30.7 Å². The second kappa shape index (κ2) is 8.66. The van der Waals surface area contributed by atoms with Crippen LogP contribution in [0, 0.1) is 0 Å². The molecule has 2 bridgehead atoms. The largest absolute Gasteiger partial charge is 0.481 e. The fourth-order valence-electron chi connectivity index (χ4n) is 5.32. The lowest BCUT2D eigenvalue weighted by molar-refractivity contribution is -0.00876. The van der Waals surface area contributed by atoms with Gasteiger partial charge in [0.2, 0.25) is 5.88 Å². The maximum atomic E-state index is 12.5. The number of ether oxygens (including phenoxy) is 1. The summed E-state index contributed by atoms with van der Waals surface area (Å²) >= 11 is 0. The molecule has 1 amide bonds. The van der Waals surface area contributed by atoms with E-state index in [1.54, 1.807) is 20.4 Å². The van der Waals surface area contributed by atoms with Crippen LogP contribution in [0.5, 0.6) is 5.88 Å². The summed E-state index contributed by atoms with van der Waals surface area (Å²) in [6, 6.07) is 11.1. The summed E-state index contributed by atoms with van der Waals surface area (Å²) < 4.78 is 5.17. The molecule has 178 valence electrons. The number of fused-ring (bicyclic) bond motifs is 3. The number of pyridine rings is 3. The van der Waals surface area contributed by atoms with Crippen LogP contribution in [0.15, 0.2) is 55.1 Å². The van der Waals surface area contributed by atoms with Gasteiger partial charge >= 0.3 is 0 Å². The Morgan fingerprint density at radius 3 is 2.63 bits per heavy atom. The molecule has 7 heterocycles. The lowest BCUT2D eigenvalue weighted by Gasteiger charge is -2.56. The fourth-order valence-corrected chi connectivity index (χ4v) is 5.32. The van der Waals surface area contributed by atoms with E-state index in [0.717, 1.165) is 47.6 Å². The smallest absolute Gasteiger partial charge is 0.253 e. The molecule has 35 heavy (non-hydrogen) atoms. The van der Waals surface area contributed by atoms with E-state index >= 15 is 0 Å². The monoisotopic (exact) mass is 469 g/mol. The van der Waals surface area contributed by atoms with Crippen LogP contribution >= 0.6 is 0 Å². The predicted molar refractivity (Wildman–Crippen MR) is 133 cm³/mol. The number of aromatic amines is 1. The van der Waals surface area contributed by atoms with E-state index in [4.69, 9.17) is 9.72 Å². The molecular weight excluding hydrogens is 442 g/mol. The minimum absolute atomic E-state index is 0.164. The molecule has 7 rings (SSSR count). The molecule has 3 aliphatic heterocycles. The van der Waals surface area contributed by atoms with Crippen LogP contribution in [0.1, 0.15) is 22.3 Å². The predicted octanol–water partition coefficient (Wildman–Crippen LogP) is 2.85. The molecule has 2 atom stereocenters. The maximum Gasteiger partial charge on any atom is 0.253 e. The van der Waals surface area contributed by atoms with Gasteiger partial charge in [-0.3, -0.25) is 9.69 Å². The quantitative estimate of drug-likeness (QED) is 0.448. The average Bonchev–Trinajstić information content (AvgIpc) is 3.40. The van der Waals surface area contributed by atoms with Gasteiger partial charge in [0, 0.05) is 86.1 Å². The van der Waals surface area contributed by atoms with E-state index < -0.39 is 0 Å². The highest BCUT2D eigenvalue weighted by atomic mass is 16.5. The molecule has 9 heteroatoms. The molecule has 0 aromatic carbocycles. The Kier molecular flexibility index (Phi) is 5.33. The molecule has 2 unspecified atom stereocenters. The van der Waals surface area contributed by atoms with Gasteiger partial charge in [-0.05, 0) is 30.2 Å². The van der Waals surface area contributed by atoms with Gasteiger partial charge < -0.3 is 19.9 Å². The van der Waals surface area contributed by atoms with Crippen molar-refractivity contribution in [2.75, 3.05) is 32.1 Å². The minimum Gasteiger partial charge on any atom is -0.481 e.